The first-order chi connectivity index (χ1) is 5.74. The van der Waals surface area contributed by atoms with Crippen LogP contribution in [-0.4, -0.2) is 35.1 Å². The summed E-state index contributed by atoms with van der Waals surface area (Å²) in [6.45, 7) is 1.41. The average molecular weight is 174 g/mol. The van der Waals surface area contributed by atoms with Gasteiger partial charge in [-0.25, -0.2) is 0 Å². The molecule has 0 amide bonds. The van der Waals surface area contributed by atoms with Crippen LogP contribution < -0.4 is 0 Å². The molecule has 0 aromatic heterocycles. The molecule has 0 atom stereocenters. The molecule has 0 aromatic carbocycles. The van der Waals surface area contributed by atoms with Gasteiger partial charge in [0.2, 0.25) is 0 Å². The lowest BCUT2D eigenvalue weighted by Crippen LogP contribution is -2.33. The lowest BCUT2D eigenvalue weighted by atomic mass is 9.86. The maximum absolute atomic E-state index is 8.93. The van der Waals surface area contributed by atoms with Gasteiger partial charge in [-0.3, -0.25) is 0 Å². The molecular weight excluding hydrogens is 156 g/mol. The van der Waals surface area contributed by atoms with Gasteiger partial charge in [0.15, 0.2) is 0 Å². The second-order valence-electron chi connectivity index (χ2n) is 3.08. The zero-order chi connectivity index (χ0) is 9.45. The molecule has 0 saturated carbocycles. The van der Waals surface area contributed by atoms with E-state index in [1.807, 2.05) is 19.1 Å². The zero-order valence-corrected chi connectivity index (χ0v) is 7.53. The first kappa shape index (κ1) is 11.6. The van der Waals surface area contributed by atoms with Gasteiger partial charge in [0, 0.05) is 5.41 Å². The van der Waals surface area contributed by atoms with Crippen LogP contribution in [0.4, 0.5) is 0 Å². The second kappa shape index (κ2) is 6.17. The molecule has 0 aliphatic carbocycles. The van der Waals surface area contributed by atoms with Gasteiger partial charge in [0.1, 0.15) is 0 Å². The molecule has 0 aliphatic rings. The molecule has 72 valence electrons. The lowest BCUT2D eigenvalue weighted by molar-refractivity contribution is 0.000191. The molecule has 3 heteroatoms. The molecule has 0 radical (unpaired) electrons. The number of allylic oxidation sites excluding steroid dienone is 2. The van der Waals surface area contributed by atoms with Crippen molar-refractivity contribution in [3.8, 4) is 0 Å². The van der Waals surface area contributed by atoms with Crippen molar-refractivity contribution >= 4 is 0 Å². The molecule has 3 N–H and O–H groups in total. The Hall–Kier alpha value is -0.380. The molecule has 0 rings (SSSR count). The van der Waals surface area contributed by atoms with Crippen LogP contribution in [0, 0.1) is 5.41 Å². The summed E-state index contributed by atoms with van der Waals surface area (Å²) in [6.07, 6.45) is 5.26. The summed E-state index contributed by atoms with van der Waals surface area (Å²) >= 11 is 0. The van der Waals surface area contributed by atoms with Crippen molar-refractivity contribution in [2.45, 2.75) is 19.8 Å². The van der Waals surface area contributed by atoms with Crippen molar-refractivity contribution in [3.05, 3.63) is 12.2 Å². The van der Waals surface area contributed by atoms with Gasteiger partial charge in [-0.05, 0) is 19.8 Å². The highest BCUT2D eigenvalue weighted by molar-refractivity contribution is 4.84. The Morgan fingerprint density at radius 1 is 1.08 bits per heavy atom. The normalized spacial score (nSPS) is 12.7. The van der Waals surface area contributed by atoms with E-state index >= 15 is 0 Å². The second-order valence-corrected chi connectivity index (χ2v) is 3.08. The summed E-state index contributed by atoms with van der Waals surface area (Å²) in [6, 6.07) is 0. The summed E-state index contributed by atoms with van der Waals surface area (Å²) in [5.41, 5.74) is -0.709. The first-order valence-electron chi connectivity index (χ1n) is 4.18. The van der Waals surface area contributed by atoms with Crippen molar-refractivity contribution in [1.82, 2.24) is 0 Å². The van der Waals surface area contributed by atoms with E-state index in [-0.39, 0.29) is 19.8 Å². The van der Waals surface area contributed by atoms with Crippen LogP contribution in [0.3, 0.4) is 0 Å². The van der Waals surface area contributed by atoms with Crippen LogP contribution in [0.1, 0.15) is 19.8 Å². The molecule has 0 bridgehead atoms. The number of aliphatic hydroxyl groups excluding tert-OH is 3. The molecule has 0 unspecified atom stereocenters. The van der Waals surface area contributed by atoms with E-state index in [0.29, 0.717) is 6.42 Å². The average Bonchev–Trinajstić information content (AvgIpc) is 2.14. The fraction of sp³-hybridized carbons (Fsp3) is 0.778. The first-order valence-corrected chi connectivity index (χ1v) is 4.18. The topological polar surface area (TPSA) is 60.7 Å². The van der Waals surface area contributed by atoms with E-state index in [2.05, 4.69) is 0 Å². The standard InChI is InChI=1S/C9H18O3/c1-2-3-4-5-9(6-10,7-11)8-12/h2-3,10-12H,4-8H2,1H3. The minimum absolute atomic E-state index is 0.169. The lowest BCUT2D eigenvalue weighted by Gasteiger charge is -2.26. The van der Waals surface area contributed by atoms with Gasteiger partial charge >= 0.3 is 0 Å². The molecule has 12 heavy (non-hydrogen) atoms. The summed E-state index contributed by atoms with van der Waals surface area (Å²) in [4.78, 5) is 0. The smallest absolute Gasteiger partial charge is 0.0531 e. The summed E-state index contributed by atoms with van der Waals surface area (Å²) in [7, 11) is 0. The predicted molar refractivity (Wildman–Crippen MR) is 47.7 cm³/mol. The summed E-state index contributed by atoms with van der Waals surface area (Å²) in [5.74, 6) is 0. The van der Waals surface area contributed by atoms with E-state index in [0.717, 1.165) is 6.42 Å². The van der Waals surface area contributed by atoms with Gasteiger partial charge < -0.3 is 15.3 Å². The van der Waals surface area contributed by atoms with Gasteiger partial charge in [0.05, 0.1) is 19.8 Å². The Labute approximate surface area is 73.4 Å². The SMILES string of the molecule is CC=CCCC(CO)(CO)CO. The molecule has 0 aromatic rings. The molecule has 0 spiro atoms. The molecule has 0 saturated heterocycles. The number of rotatable bonds is 6. The van der Waals surface area contributed by atoms with E-state index < -0.39 is 5.41 Å². The molecule has 0 aliphatic heterocycles. The van der Waals surface area contributed by atoms with Crippen molar-refractivity contribution in [2.75, 3.05) is 19.8 Å². The molecular formula is C9H18O3. The van der Waals surface area contributed by atoms with Crippen LogP contribution in [0.2, 0.25) is 0 Å². The Morgan fingerprint density at radius 2 is 1.58 bits per heavy atom. The minimum atomic E-state index is -0.709. The third-order valence-corrected chi connectivity index (χ3v) is 2.08. The van der Waals surface area contributed by atoms with Gasteiger partial charge in [-0.1, -0.05) is 12.2 Å². The Morgan fingerprint density at radius 3 is 1.92 bits per heavy atom. The molecule has 0 heterocycles. The van der Waals surface area contributed by atoms with Gasteiger partial charge in [-0.15, -0.1) is 0 Å². The zero-order valence-electron chi connectivity index (χ0n) is 7.53. The van der Waals surface area contributed by atoms with Crippen LogP contribution in [0.15, 0.2) is 12.2 Å². The summed E-state index contributed by atoms with van der Waals surface area (Å²) < 4.78 is 0. The largest absolute Gasteiger partial charge is 0.396 e. The van der Waals surface area contributed by atoms with E-state index in [1.165, 1.54) is 0 Å². The number of aliphatic hydroxyl groups is 3. The van der Waals surface area contributed by atoms with Crippen LogP contribution >= 0.6 is 0 Å². The Bertz CT molecular complexity index is 119. The van der Waals surface area contributed by atoms with Crippen LogP contribution in [0.25, 0.3) is 0 Å². The van der Waals surface area contributed by atoms with Crippen molar-refractivity contribution in [1.29, 1.82) is 0 Å². The number of hydrogen-bond acceptors (Lipinski definition) is 3. The maximum atomic E-state index is 8.93. The molecule has 3 nitrogen and oxygen atoms in total. The van der Waals surface area contributed by atoms with E-state index in [1.54, 1.807) is 0 Å². The third-order valence-electron chi connectivity index (χ3n) is 2.08. The van der Waals surface area contributed by atoms with Gasteiger partial charge in [0.25, 0.3) is 0 Å². The van der Waals surface area contributed by atoms with E-state index in [9.17, 15) is 0 Å². The summed E-state index contributed by atoms with van der Waals surface area (Å²) in [5, 5.41) is 26.8. The minimum Gasteiger partial charge on any atom is -0.396 e. The third kappa shape index (κ3) is 3.34. The monoisotopic (exact) mass is 174 g/mol. The van der Waals surface area contributed by atoms with Crippen LogP contribution in [-0.2, 0) is 0 Å². The van der Waals surface area contributed by atoms with Crippen LogP contribution in [0.5, 0.6) is 0 Å². The van der Waals surface area contributed by atoms with E-state index in [4.69, 9.17) is 15.3 Å². The predicted octanol–water partition coefficient (Wildman–Crippen LogP) is 0.306. The fourth-order valence-electron chi connectivity index (χ4n) is 0.943. The Kier molecular flexibility index (Phi) is 5.98. The Balaban J connectivity index is 3.92. The maximum Gasteiger partial charge on any atom is 0.0531 e. The van der Waals surface area contributed by atoms with Gasteiger partial charge in [-0.2, -0.15) is 0 Å². The highest BCUT2D eigenvalue weighted by Crippen LogP contribution is 2.21. The quantitative estimate of drug-likeness (QED) is 0.508. The van der Waals surface area contributed by atoms with Crippen molar-refractivity contribution < 1.29 is 15.3 Å². The highest BCUT2D eigenvalue weighted by atomic mass is 16.3. The fourth-order valence-corrected chi connectivity index (χ4v) is 0.943. The highest BCUT2D eigenvalue weighted by Gasteiger charge is 2.26. The number of hydrogen-bond donors (Lipinski definition) is 3. The van der Waals surface area contributed by atoms with Crippen molar-refractivity contribution in [3.63, 3.8) is 0 Å². The molecule has 0 fully saturated rings. The van der Waals surface area contributed by atoms with Crippen molar-refractivity contribution in [2.24, 2.45) is 5.41 Å².